The molecule has 0 spiro atoms. The molecule has 2 heterocycles. The zero-order valence-corrected chi connectivity index (χ0v) is 15.7. The molecule has 0 fully saturated rings. The summed E-state index contributed by atoms with van der Waals surface area (Å²) in [6.45, 7) is 0.985. The van der Waals surface area contributed by atoms with Crippen molar-refractivity contribution < 1.29 is 9.18 Å². The summed E-state index contributed by atoms with van der Waals surface area (Å²) in [6, 6.07) is 15.3. The number of hydrogen-bond acceptors (Lipinski definition) is 2. The number of benzene rings is 2. The summed E-state index contributed by atoms with van der Waals surface area (Å²) in [7, 11) is 0. The van der Waals surface area contributed by atoms with Crippen LogP contribution in [0, 0.1) is 17.7 Å². The highest BCUT2D eigenvalue weighted by molar-refractivity contribution is 6.31. The van der Waals surface area contributed by atoms with Crippen molar-refractivity contribution in [1.82, 2.24) is 9.88 Å². The highest BCUT2D eigenvalue weighted by Crippen LogP contribution is 2.23. The van der Waals surface area contributed by atoms with E-state index in [4.69, 9.17) is 11.6 Å². The molecule has 138 valence electrons. The first-order valence-electron chi connectivity index (χ1n) is 8.89. The van der Waals surface area contributed by atoms with Crippen LogP contribution in [0.5, 0.6) is 0 Å². The minimum Gasteiger partial charge on any atom is -0.334 e. The number of carbonyl (C=O) groups excluding carboxylic acids is 1. The van der Waals surface area contributed by atoms with Gasteiger partial charge in [-0.1, -0.05) is 29.7 Å². The highest BCUT2D eigenvalue weighted by atomic mass is 35.5. The van der Waals surface area contributed by atoms with E-state index in [0.717, 1.165) is 11.1 Å². The molecule has 4 rings (SSSR count). The van der Waals surface area contributed by atoms with Gasteiger partial charge in [-0.3, -0.25) is 4.79 Å². The van der Waals surface area contributed by atoms with E-state index in [9.17, 15) is 9.18 Å². The third-order valence-corrected chi connectivity index (χ3v) is 5.00. The molecule has 1 aromatic heterocycles. The second-order valence-corrected chi connectivity index (χ2v) is 6.96. The molecule has 0 bridgehead atoms. The van der Waals surface area contributed by atoms with Crippen molar-refractivity contribution in [2.75, 3.05) is 6.54 Å². The average molecular weight is 391 g/mol. The Morgan fingerprint density at radius 1 is 1.07 bits per heavy atom. The van der Waals surface area contributed by atoms with Crippen LogP contribution in [0.1, 0.15) is 32.7 Å². The number of halogens is 2. The van der Waals surface area contributed by atoms with Crippen molar-refractivity contribution in [3.63, 3.8) is 0 Å². The maximum atomic E-state index is 13.5. The predicted octanol–water partition coefficient (Wildman–Crippen LogP) is 4.47. The van der Waals surface area contributed by atoms with Gasteiger partial charge in [0.1, 0.15) is 11.5 Å². The number of pyridine rings is 1. The van der Waals surface area contributed by atoms with Crippen LogP contribution >= 0.6 is 11.6 Å². The summed E-state index contributed by atoms with van der Waals surface area (Å²) in [5.41, 5.74) is 3.65. The standard InChI is InChI=1S/C23H16ClFN2O/c24-22-9-6-18(13-17(22)5-8-21-3-1-2-11-26-21)23(28)27-12-10-16-4-7-20(25)14-19(16)15-27/h1-4,6-7,9,11,13-14H,10,12,15H2. The second-order valence-electron chi connectivity index (χ2n) is 6.55. The summed E-state index contributed by atoms with van der Waals surface area (Å²) in [5.74, 6) is 5.54. The number of amides is 1. The van der Waals surface area contributed by atoms with E-state index in [1.54, 1.807) is 41.4 Å². The summed E-state index contributed by atoms with van der Waals surface area (Å²) in [4.78, 5) is 18.8. The quantitative estimate of drug-likeness (QED) is 0.574. The van der Waals surface area contributed by atoms with E-state index < -0.39 is 0 Å². The minimum absolute atomic E-state index is 0.118. The molecule has 0 saturated heterocycles. The van der Waals surface area contributed by atoms with Crippen LogP contribution in [-0.2, 0) is 13.0 Å². The van der Waals surface area contributed by atoms with Crippen LogP contribution in [0.15, 0.2) is 60.8 Å². The number of hydrogen-bond donors (Lipinski definition) is 0. The molecule has 2 aromatic carbocycles. The van der Waals surface area contributed by atoms with Gasteiger partial charge < -0.3 is 4.90 Å². The van der Waals surface area contributed by atoms with Crippen LogP contribution in [0.25, 0.3) is 0 Å². The van der Waals surface area contributed by atoms with Crippen molar-refractivity contribution >= 4 is 17.5 Å². The van der Waals surface area contributed by atoms with Crippen LogP contribution in [-0.4, -0.2) is 22.3 Å². The molecule has 1 amide bonds. The second kappa shape index (κ2) is 7.84. The topological polar surface area (TPSA) is 33.2 Å². The van der Waals surface area contributed by atoms with Gasteiger partial charge in [-0.2, -0.15) is 0 Å². The van der Waals surface area contributed by atoms with Crippen LogP contribution in [0.3, 0.4) is 0 Å². The zero-order valence-electron chi connectivity index (χ0n) is 15.0. The molecule has 0 aliphatic carbocycles. The lowest BCUT2D eigenvalue weighted by Crippen LogP contribution is -2.36. The van der Waals surface area contributed by atoms with Gasteiger partial charge in [0, 0.05) is 30.4 Å². The Morgan fingerprint density at radius 2 is 1.96 bits per heavy atom. The fourth-order valence-corrected chi connectivity index (χ4v) is 3.37. The molecular weight excluding hydrogens is 375 g/mol. The van der Waals surface area contributed by atoms with Gasteiger partial charge >= 0.3 is 0 Å². The molecule has 0 unspecified atom stereocenters. The van der Waals surface area contributed by atoms with Gasteiger partial charge in [0.05, 0.1) is 5.02 Å². The van der Waals surface area contributed by atoms with E-state index in [2.05, 4.69) is 16.8 Å². The molecule has 28 heavy (non-hydrogen) atoms. The molecule has 3 nitrogen and oxygen atoms in total. The largest absolute Gasteiger partial charge is 0.334 e. The monoisotopic (exact) mass is 390 g/mol. The zero-order chi connectivity index (χ0) is 19.5. The molecule has 0 N–H and O–H groups in total. The van der Waals surface area contributed by atoms with Crippen LogP contribution in [0.4, 0.5) is 4.39 Å². The lowest BCUT2D eigenvalue weighted by molar-refractivity contribution is 0.0734. The molecular formula is C23H16ClFN2O. The van der Waals surface area contributed by atoms with Crippen LogP contribution in [0.2, 0.25) is 5.02 Å². The molecule has 1 aliphatic heterocycles. The van der Waals surface area contributed by atoms with E-state index >= 15 is 0 Å². The van der Waals surface area contributed by atoms with E-state index in [1.807, 2.05) is 12.1 Å². The molecule has 1 aliphatic rings. The Morgan fingerprint density at radius 3 is 2.79 bits per heavy atom. The lowest BCUT2D eigenvalue weighted by atomic mass is 9.99. The van der Waals surface area contributed by atoms with Crippen molar-refractivity contribution in [3.8, 4) is 11.8 Å². The number of aromatic nitrogens is 1. The average Bonchev–Trinajstić information content (AvgIpc) is 2.73. The Bertz CT molecular complexity index is 1100. The fraction of sp³-hybridized carbons (Fsp3) is 0.130. The number of nitrogens with zero attached hydrogens (tertiary/aromatic N) is 2. The van der Waals surface area contributed by atoms with Crippen LogP contribution < -0.4 is 0 Å². The first-order valence-corrected chi connectivity index (χ1v) is 9.27. The third-order valence-electron chi connectivity index (χ3n) is 4.67. The molecule has 3 aromatic rings. The van der Waals surface area contributed by atoms with Crippen molar-refractivity contribution in [1.29, 1.82) is 0 Å². The first-order chi connectivity index (χ1) is 13.6. The van der Waals surface area contributed by atoms with Gasteiger partial charge in [-0.05, 0) is 65.9 Å². The van der Waals surface area contributed by atoms with E-state index in [0.29, 0.717) is 41.4 Å². The maximum absolute atomic E-state index is 13.5. The van der Waals surface area contributed by atoms with E-state index in [-0.39, 0.29) is 11.7 Å². The van der Waals surface area contributed by atoms with Crippen molar-refractivity contribution in [3.05, 3.63) is 99.6 Å². The Hall–Kier alpha value is -3.16. The summed E-state index contributed by atoms with van der Waals surface area (Å²) < 4.78 is 13.5. The Labute approximate surface area is 167 Å². The van der Waals surface area contributed by atoms with E-state index in [1.165, 1.54) is 12.1 Å². The maximum Gasteiger partial charge on any atom is 0.254 e. The number of fused-ring (bicyclic) bond motifs is 1. The summed E-state index contributed by atoms with van der Waals surface area (Å²) in [5, 5.41) is 0.478. The molecule has 0 atom stereocenters. The normalized spacial score (nSPS) is 12.7. The van der Waals surface area contributed by atoms with Gasteiger partial charge in [0.2, 0.25) is 0 Å². The number of rotatable bonds is 1. The highest BCUT2D eigenvalue weighted by Gasteiger charge is 2.22. The summed E-state index contributed by atoms with van der Waals surface area (Å²) >= 11 is 6.25. The molecule has 5 heteroatoms. The first kappa shape index (κ1) is 18.2. The summed E-state index contributed by atoms with van der Waals surface area (Å²) in [6.07, 6.45) is 2.38. The van der Waals surface area contributed by atoms with Gasteiger partial charge in [-0.25, -0.2) is 9.37 Å². The molecule has 0 saturated carbocycles. The van der Waals surface area contributed by atoms with Gasteiger partial charge in [0.25, 0.3) is 5.91 Å². The van der Waals surface area contributed by atoms with Crippen molar-refractivity contribution in [2.45, 2.75) is 13.0 Å². The Kier molecular flexibility index (Phi) is 5.10. The predicted molar refractivity (Wildman–Crippen MR) is 107 cm³/mol. The van der Waals surface area contributed by atoms with Gasteiger partial charge in [0.15, 0.2) is 0 Å². The minimum atomic E-state index is -0.286. The number of carbonyl (C=O) groups is 1. The fourth-order valence-electron chi connectivity index (χ4n) is 3.20. The van der Waals surface area contributed by atoms with Crippen molar-refractivity contribution in [2.24, 2.45) is 0 Å². The Balaban J connectivity index is 1.58. The SMILES string of the molecule is O=C(c1ccc(Cl)c(C#Cc2ccccn2)c1)N1CCc2ccc(F)cc2C1. The molecule has 0 radical (unpaired) electrons. The third kappa shape index (κ3) is 3.90. The lowest BCUT2D eigenvalue weighted by Gasteiger charge is -2.29. The van der Waals surface area contributed by atoms with Gasteiger partial charge in [-0.15, -0.1) is 0 Å². The smallest absolute Gasteiger partial charge is 0.254 e.